The van der Waals surface area contributed by atoms with E-state index in [4.69, 9.17) is 4.74 Å². The monoisotopic (exact) mass is 392 g/mol. The van der Waals surface area contributed by atoms with Crippen LogP contribution in [0.2, 0.25) is 0 Å². The number of aliphatic hydroxyl groups is 1. The number of rotatable bonds is 6. The molecule has 0 unspecified atom stereocenters. The van der Waals surface area contributed by atoms with Crippen LogP contribution in [0.15, 0.2) is 16.3 Å². The molecule has 0 aromatic carbocycles. The van der Waals surface area contributed by atoms with E-state index in [1.165, 1.54) is 17.4 Å². The molecule has 144 valence electrons. The Labute approximate surface area is 153 Å². The van der Waals surface area contributed by atoms with Crippen molar-refractivity contribution in [1.29, 1.82) is 0 Å². The van der Waals surface area contributed by atoms with Crippen LogP contribution in [-0.4, -0.2) is 37.8 Å². The summed E-state index contributed by atoms with van der Waals surface area (Å²) in [6.45, 7) is 10.6. The van der Waals surface area contributed by atoms with Crippen molar-refractivity contribution in [1.82, 2.24) is 10.0 Å². The van der Waals surface area contributed by atoms with Crippen LogP contribution in [0.3, 0.4) is 0 Å². The van der Waals surface area contributed by atoms with Crippen molar-refractivity contribution in [3.63, 3.8) is 0 Å². The summed E-state index contributed by atoms with van der Waals surface area (Å²) < 4.78 is 32.7. The number of hydrogen-bond acceptors (Lipinski definition) is 6. The summed E-state index contributed by atoms with van der Waals surface area (Å²) in [5, 5.41) is 13.6. The molecular weight excluding hydrogens is 364 g/mol. The molecule has 1 heterocycles. The molecule has 0 aliphatic heterocycles. The van der Waals surface area contributed by atoms with Crippen molar-refractivity contribution in [2.45, 2.75) is 64.7 Å². The molecule has 7 nitrogen and oxygen atoms in total. The van der Waals surface area contributed by atoms with Crippen LogP contribution in [-0.2, 0) is 21.4 Å². The van der Waals surface area contributed by atoms with Crippen LogP contribution < -0.4 is 10.0 Å². The number of ether oxygens (including phenoxy) is 1. The van der Waals surface area contributed by atoms with E-state index in [9.17, 15) is 18.3 Å². The van der Waals surface area contributed by atoms with Crippen LogP contribution in [0.1, 0.15) is 46.4 Å². The number of hydrogen-bond donors (Lipinski definition) is 3. The minimum absolute atomic E-state index is 0.00575. The first-order valence-electron chi connectivity index (χ1n) is 7.92. The lowest BCUT2D eigenvalue weighted by molar-refractivity contribution is 0.0466. The Kier molecular flexibility index (Phi) is 7.03. The fraction of sp³-hybridized carbons (Fsp3) is 0.688. The summed E-state index contributed by atoms with van der Waals surface area (Å²) in [5.41, 5.74) is -1.04. The number of aliphatic hydroxyl groups excluding tert-OH is 1. The molecule has 1 rings (SSSR count). The third-order valence-corrected chi connectivity index (χ3v) is 5.89. The molecule has 9 heteroatoms. The molecule has 1 aromatic rings. The Hall–Kier alpha value is -1.16. The SMILES string of the molecule is CC(C)(C)OC(=O)N[C@@H](CNS(=O)(=O)c1ccsc1CO)C(C)(C)C. The first kappa shape index (κ1) is 21.9. The summed E-state index contributed by atoms with van der Waals surface area (Å²) >= 11 is 1.17. The normalized spacial score (nSPS) is 14.2. The Morgan fingerprint density at radius 2 is 1.88 bits per heavy atom. The van der Waals surface area contributed by atoms with Crippen molar-refractivity contribution in [3.8, 4) is 0 Å². The Morgan fingerprint density at radius 3 is 2.36 bits per heavy atom. The second-order valence-electron chi connectivity index (χ2n) is 7.78. The molecule has 0 spiro atoms. The molecule has 0 radical (unpaired) electrons. The van der Waals surface area contributed by atoms with Gasteiger partial charge in [0.05, 0.1) is 17.5 Å². The fourth-order valence-electron chi connectivity index (χ4n) is 1.98. The van der Waals surface area contributed by atoms with E-state index >= 15 is 0 Å². The maximum absolute atomic E-state index is 12.5. The molecular formula is C16H28N2O5S2. The van der Waals surface area contributed by atoms with Gasteiger partial charge in [-0.15, -0.1) is 11.3 Å². The lowest BCUT2D eigenvalue weighted by atomic mass is 9.87. The summed E-state index contributed by atoms with van der Waals surface area (Å²) in [6, 6.07) is 0.972. The van der Waals surface area contributed by atoms with Crippen molar-refractivity contribution in [2.24, 2.45) is 5.41 Å². The zero-order chi connectivity index (χ0) is 19.5. The zero-order valence-electron chi connectivity index (χ0n) is 15.5. The van der Waals surface area contributed by atoms with E-state index in [0.717, 1.165) is 0 Å². The second kappa shape index (κ2) is 8.03. The topological polar surface area (TPSA) is 105 Å². The molecule has 0 saturated heterocycles. The number of amides is 1. The minimum Gasteiger partial charge on any atom is -0.444 e. The number of carbonyl (C=O) groups excluding carboxylic acids is 1. The molecule has 0 fully saturated rings. The smallest absolute Gasteiger partial charge is 0.407 e. The highest BCUT2D eigenvalue weighted by Gasteiger charge is 2.30. The first-order valence-corrected chi connectivity index (χ1v) is 10.3. The third-order valence-electron chi connectivity index (χ3n) is 3.35. The van der Waals surface area contributed by atoms with Crippen molar-refractivity contribution >= 4 is 27.5 Å². The minimum atomic E-state index is -3.78. The van der Waals surface area contributed by atoms with Gasteiger partial charge in [-0.2, -0.15) is 0 Å². The van der Waals surface area contributed by atoms with E-state index in [1.54, 1.807) is 26.2 Å². The van der Waals surface area contributed by atoms with Gasteiger partial charge in [0.15, 0.2) is 0 Å². The average molecular weight is 393 g/mol. The van der Waals surface area contributed by atoms with Gasteiger partial charge in [-0.1, -0.05) is 20.8 Å². The van der Waals surface area contributed by atoms with Crippen LogP contribution in [0.5, 0.6) is 0 Å². The predicted molar refractivity (Wildman–Crippen MR) is 98.0 cm³/mol. The van der Waals surface area contributed by atoms with Gasteiger partial charge in [0, 0.05) is 11.4 Å². The maximum atomic E-state index is 12.5. The highest BCUT2D eigenvalue weighted by Crippen LogP contribution is 2.23. The van der Waals surface area contributed by atoms with Gasteiger partial charge in [0.25, 0.3) is 0 Å². The highest BCUT2D eigenvalue weighted by atomic mass is 32.2. The predicted octanol–water partition coefficient (Wildman–Crippen LogP) is 2.46. The standard InChI is InChI=1S/C16H28N2O5S2/c1-15(2,3)13(18-14(20)23-16(4,5)6)9-17-25(21,22)12-7-8-24-11(12)10-19/h7-8,13,17,19H,9-10H2,1-6H3,(H,18,20)/t13-/m0/s1. The van der Waals surface area contributed by atoms with Crippen molar-refractivity contribution in [3.05, 3.63) is 16.3 Å². The lowest BCUT2D eigenvalue weighted by Gasteiger charge is -2.32. The Bertz CT molecular complexity index is 684. The van der Waals surface area contributed by atoms with E-state index in [2.05, 4.69) is 10.0 Å². The molecule has 25 heavy (non-hydrogen) atoms. The summed E-state index contributed by atoms with van der Waals surface area (Å²) in [5.74, 6) is 0. The third kappa shape index (κ3) is 6.93. The Morgan fingerprint density at radius 1 is 1.28 bits per heavy atom. The lowest BCUT2D eigenvalue weighted by Crippen LogP contribution is -2.51. The zero-order valence-corrected chi connectivity index (χ0v) is 17.2. The quantitative estimate of drug-likeness (QED) is 0.690. The first-order chi connectivity index (χ1) is 11.3. The number of thiophene rings is 1. The van der Waals surface area contributed by atoms with Crippen LogP contribution in [0.25, 0.3) is 0 Å². The van der Waals surface area contributed by atoms with Gasteiger partial charge in [-0.25, -0.2) is 17.9 Å². The number of alkyl carbamates (subject to hydrolysis) is 1. The van der Waals surface area contributed by atoms with E-state index < -0.39 is 33.2 Å². The van der Waals surface area contributed by atoms with Gasteiger partial charge >= 0.3 is 6.09 Å². The average Bonchev–Trinajstić information content (AvgIpc) is 2.89. The summed E-state index contributed by atoms with van der Waals surface area (Å²) in [7, 11) is -3.78. The molecule has 1 amide bonds. The van der Waals surface area contributed by atoms with E-state index in [0.29, 0.717) is 4.88 Å². The van der Waals surface area contributed by atoms with Crippen molar-refractivity contribution in [2.75, 3.05) is 6.54 Å². The highest BCUT2D eigenvalue weighted by molar-refractivity contribution is 7.89. The van der Waals surface area contributed by atoms with E-state index in [-0.39, 0.29) is 18.0 Å². The van der Waals surface area contributed by atoms with Crippen LogP contribution in [0.4, 0.5) is 4.79 Å². The van der Waals surface area contributed by atoms with Gasteiger partial charge in [-0.3, -0.25) is 0 Å². The summed E-state index contributed by atoms with van der Waals surface area (Å²) in [4.78, 5) is 12.5. The number of sulfonamides is 1. The molecule has 0 saturated carbocycles. The molecule has 3 N–H and O–H groups in total. The number of carbonyl (C=O) groups is 1. The van der Waals surface area contributed by atoms with Crippen molar-refractivity contribution < 1.29 is 23.1 Å². The molecule has 1 aromatic heterocycles. The number of nitrogens with one attached hydrogen (secondary N) is 2. The summed E-state index contributed by atoms with van der Waals surface area (Å²) in [6.07, 6.45) is -0.599. The van der Waals surface area contributed by atoms with Crippen LogP contribution in [0, 0.1) is 5.41 Å². The maximum Gasteiger partial charge on any atom is 0.407 e. The van der Waals surface area contributed by atoms with E-state index in [1.807, 2.05) is 20.8 Å². The molecule has 0 aliphatic rings. The Balaban J connectivity index is 2.85. The fourth-order valence-corrected chi connectivity index (χ4v) is 4.32. The van der Waals surface area contributed by atoms with Gasteiger partial charge in [0.2, 0.25) is 10.0 Å². The largest absolute Gasteiger partial charge is 0.444 e. The molecule has 1 atom stereocenters. The van der Waals surface area contributed by atoms with Gasteiger partial charge < -0.3 is 15.2 Å². The van der Waals surface area contributed by atoms with Crippen LogP contribution >= 0.6 is 11.3 Å². The van der Waals surface area contributed by atoms with Gasteiger partial charge in [-0.05, 0) is 37.6 Å². The molecule has 0 bridgehead atoms. The molecule has 0 aliphatic carbocycles. The second-order valence-corrected chi connectivity index (χ2v) is 10.5. The van der Waals surface area contributed by atoms with Gasteiger partial charge in [0.1, 0.15) is 5.60 Å².